The van der Waals surface area contributed by atoms with Crippen molar-refractivity contribution in [3.8, 4) is 0 Å². The summed E-state index contributed by atoms with van der Waals surface area (Å²) < 4.78 is 1.89. The first-order chi connectivity index (χ1) is 11.4. The maximum atomic E-state index is 13.0. The summed E-state index contributed by atoms with van der Waals surface area (Å²) in [6.07, 6.45) is 4.70. The fraction of sp³-hybridized carbons (Fsp3) is 0.778. The van der Waals surface area contributed by atoms with Crippen LogP contribution in [-0.2, 0) is 11.3 Å². The van der Waals surface area contributed by atoms with Crippen molar-refractivity contribution < 1.29 is 4.79 Å². The molecule has 0 spiro atoms. The zero-order valence-corrected chi connectivity index (χ0v) is 15.7. The molecule has 2 aliphatic rings. The number of aromatic nitrogens is 2. The molecule has 3 atom stereocenters. The Labute approximate surface area is 149 Å². The normalized spacial score (nSPS) is 27.4. The van der Waals surface area contributed by atoms with E-state index in [4.69, 9.17) is 17.3 Å². The van der Waals surface area contributed by atoms with Gasteiger partial charge in [0, 0.05) is 30.6 Å². The van der Waals surface area contributed by atoms with Crippen LogP contribution in [0.5, 0.6) is 0 Å². The molecule has 1 amide bonds. The van der Waals surface area contributed by atoms with E-state index in [1.807, 2.05) is 16.5 Å². The molecule has 0 unspecified atom stereocenters. The summed E-state index contributed by atoms with van der Waals surface area (Å²) in [7, 11) is 0. The van der Waals surface area contributed by atoms with Crippen molar-refractivity contribution in [3.05, 3.63) is 16.4 Å². The maximum absolute atomic E-state index is 13.0. The van der Waals surface area contributed by atoms with Gasteiger partial charge in [-0.1, -0.05) is 25.4 Å². The van der Waals surface area contributed by atoms with E-state index in [1.165, 1.54) is 0 Å². The Morgan fingerprint density at radius 2 is 2.12 bits per heavy atom. The third kappa shape index (κ3) is 3.33. The van der Waals surface area contributed by atoms with E-state index < -0.39 is 0 Å². The van der Waals surface area contributed by atoms with Crippen molar-refractivity contribution in [1.29, 1.82) is 0 Å². The zero-order valence-electron chi connectivity index (χ0n) is 15.0. The summed E-state index contributed by atoms with van der Waals surface area (Å²) in [5.41, 5.74) is 8.00. The van der Waals surface area contributed by atoms with Gasteiger partial charge in [0.25, 0.3) is 0 Å². The second-order valence-electron chi connectivity index (χ2n) is 7.83. The first-order valence-corrected chi connectivity index (χ1v) is 9.55. The molecular weight excluding hydrogens is 324 g/mol. The first kappa shape index (κ1) is 17.7. The molecule has 1 aromatic heterocycles. The average Bonchev–Trinajstić information content (AvgIpc) is 3.19. The van der Waals surface area contributed by atoms with E-state index in [0.717, 1.165) is 56.5 Å². The number of hydrogen-bond acceptors (Lipinski definition) is 3. The van der Waals surface area contributed by atoms with Gasteiger partial charge in [-0.2, -0.15) is 5.10 Å². The van der Waals surface area contributed by atoms with Gasteiger partial charge in [0.2, 0.25) is 5.91 Å². The maximum Gasteiger partial charge on any atom is 0.226 e. The van der Waals surface area contributed by atoms with Crippen LogP contribution in [0.2, 0.25) is 5.15 Å². The molecule has 3 rings (SSSR count). The Bertz CT molecular complexity index is 612. The van der Waals surface area contributed by atoms with Gasteiger partial charge in [0.05, 0.1) is 11.7 Å². The third-order valence-corrected chi connectivity index (χ3v) is 5.74. The third-order valence-electron chi connectivity index (χ3n) is 5.34. The van der Waals surface area contributed by atoms with Crippen molar-refractivity contribution in [2.75, 3.05) is 6.54 Å². The van der Waals surface area contributed by atoms with Crippen molar-refractivity contribution in [3.63, 3.8) is 0 Å². The largest absolute Gasteiger partial charge is 0.335 e. The van der Waals surface area contributed by atoms with Crippen molar-refractivity contribution in [2.45, 2.75) is 71.5 Å². The van der Waals surface area contributed by atoms with Crippen molar-refractivity contribution >= 4 is 17.5 Å². The average molecular weight is 353 g/mol. The molecule has 2 heterocycles. The van der Waals surface area contributed by atoms with Crippen LogP contribution in [0, 0.1) is 18.8 Å². The zero-order chi connectivity index (χ0) is 17.4. The molecule has 2 N–H and O–H groups in total. The molecular formula is C18H29ClN4O. The van der Waals surface area contributed by atoms with E-state index in [1.54, 1.807) is 0 Å². The number of halogens is 1. The molecule has 6 heteroatoms. The number of nitrogens with zero attached hydrogens (tertiary/aromatic N) is 3. The standard InChI is InChI=1S/C18H29ClN4O/c1-11(2)10-23-17(19)16(12(3)21-23)15-5-4-8-22(15)18(24)13-6-7-14(20)9-13/h11,13-15H,4-10,20H2,1-3H3/t13-,14-,15+/m1/s1. The highest BCUT2D eigenvalue weighted by Crippen LogP contribution is 2.40. The SMILES string of the molecule is Cc1nn(CC(C)C)c(Cl)c1[C@@H]1CCCN1C(=O)[C@@H]1CC[C@@H](N)C1. The molecule has 2 fully saturated rings. The molecule has 134 valence electrons. The number of aryl methyl sites for hydroxylation is 1. The lowest BCUT2D eigenvalue weighted by Gasteiger charge is -2.27. The molecule has 0 bridgehead atoms. The lowest BCUT2D eigenvalue weighted by atomic mass is 10.0. The Balaban J connectivity index is 1.83. The summed E-state index contributed by atoms with van der Waals surface area (Å²) in [5.74, 6) is 0.832. The lowest BCUT2D eigenvalue weighted by Crippen LogP contribution is -2.35. The van der Waals surface area contributed by atoms with E-state index in [2.05, 4.69) is 18.9 Å². The highest BCUT2D eigenvalue weighted by Gasteiger charge is 2.39. The first-order valence-electron chi connectivity index (χ1n) is 9.17. The van der Waals surface area contributed by atoms with Crippen molar-refractivity contribution in [1.82, 2.24) is 14.7 Å². The van der Waals surface area contributed by atoms with Gasteiger partial charge < -0.3 is 10.6 Å². The van der Waals surface area contributed by atoms with Gasteiger partial charge in [0.1, 0.15) is 5.15 Å². The Morgan fingerprint density at radius 1 is 1.38 bits per heavy atom. The number of carbonyl (C=O) groups is 1. The molecule has 1 aromatic rings. The predicted molar refractivity (Wildman–Crippen MR) is 95.8 cm³/mol. The number of likely N-dealkylation sites (tertiary alicyclic amines) is 1. The van der Waals surface area contributed by atoms with Crippen LogP contribution in [0.1, 0.15) is 63.3 Å². The Hall–Kier alpha value is -1.07. The summed E-state index contributed by atoms with van der Waals surface area (Å²) in [6, 6.07) is 0.252. The van der Waals surface area contributed by atoms with Crippen LogP contribution >= 0.6 is 11.6 Å². The van der Waals surface area contributed by atoms with E-state index in [-0.39, 0.29) is 23.9 Å². The number of nitrogens with two attached hydrogens (primary N) is 1. The topological polar surface area (TPSA) is 64.2 Å². The number of carbonyl (C=O) groups excluding carboxylic acids is 1. The molecule has 5 nitrogen and oxygen atoms in total. The Morgan fingerprint density at radius 3 is 2.75 bits per heavy atom. The minimum atomic E-state index is 0.0720. The fourth-order valence-electron chi connectivity index (χ4n) is 4.22. The minimum absolute atomic E-state index is 0.0720. The number of hydrogen-bond donors (Lipinski definition) is 1. The summed E-state index contributed by atoms with van der Waals surface area (Å²) in [4.78, 5) is 15.0. The second kappa shape index (κ2) is 7.04. The van der Waals surface area contributed by atoms with Gasteiger partial charge in [0.15, 0.2) is 0 Å². The molecule has 0 radical (unpaired) electrons. The second-order valence-corrected chi connectivity index (χ2v) is 8.18. The fourth-order valence-corrected chi connectivity index (χ4v) is 4.59. The lowest BCUT2D eigenvalue weighted by molar-refractivity contribution is -0.136. The quantitative estimate of drug-likeness (QED) is 0.904. The van der Waals surface area contributed by atoms with E-state index >= 15 is 0 Å². The molecule has 24 heavy (non-hydrogen) atoms. The predicted octanol–water partition coefficient (Wildman–Crippen LogP) is 3.29. The summed E-state index contributed by atoms with van der Waals surface area (Å²) >= 11 is 6.65. The van der Waals surface area contributed by atoms with Crippen molar-refractivity contribution in [2.24, 2.45) is 17.6 Å². The number of rotatable bonds is 4. The number of amides is 1. The van der Waals surface area contributed by atoms with Crippen LogP contribution in [0.4, 0.5) is 0 Å². The van der Waals surface area contributed by atoms with Crippen LogP contribution < -0.4 is 5.73 Å². The molecule has 1 saturated heterocycles. The molecule has 1 aliphatic heterocycles. The highest BCUT2D eigenvalue weighted by molar-refractivity contribution is 6.30. The van der Waals surface area contributed by atoms with Gasteiger partial charge in [-0.15, -0.1) is 0 Å². The van der Waals surface area contributed by atoms with Crippen LogP contribution in [0.15, 0.2) is 0 Å². The van der Waals surface area contributed by atoms with Crippen LogP contribution in [0.3, 0.4) is 0 Å². The Kier molecular flexibility index (Phi) is 5.21. The van der Waals surface area contributed by atoms with Gasteiger partial charge in [-0.05, 0) is 44.9 Å². The van der Waals surface area contributed by atoms with Crippen LogP contribution in [-0.4, -0.2) is 33.2 Å². The van der Waals surface area contributed by atoms with Gasteiger partial charge in [-0.3, -0.25) is 9.48 Å². The monoisotopic (exact) mass is 352 g/mol. The molecule has 1 aliphatic carbocycles. The smallest absolute Gasteiger partial charge is 0.226 e. The van der Waals surface area contributed by atoms with Gasteiger partial charge >= 0.3 is 0 Å². The van der Waals surface area contributed by atoms with E-state index in [9.17, 15) is 4.79 Å². The van der Waals surface area contributed by atoms with Crippen LogP contribution in [0.25, 0.3) is 0 Å². The summed E-state index contributed by atoms with van der Waals surface area (Å²) in [5, 5.41) is 5.33. The highest BCUT2D eigenvalue weighted by atomic mass is 35.5. The molecule has 0 aromatic carbocycles. The van der Waals surface area contributed by atoms with Gasteiger partial charge in [-0.25, -0.2) is 0 Å². The minimum Gasteiger partial charge on any atom is -0.335 e. The molecule has 1 saturated carbocycles. The summed E-state index contributed by atoms with van der Waals surface area (Å²) in [6.45, 7) is 7.94. The van der Waals surface area contributed by atoms with E-state index in [0.29, 0.717) is 11.1 Å².